The summed E-state index contributed by atoms with van der Waals surface area (Å²) >= 11 is 3.51. The number of halogens is 1. The highest BCUT2D eigenvalue weighted by atomic mass is 79.9. The minimum absolute atomic E-state index is 0.0487. The molecule has 1 aromatic rings. The maximum absolute atomic E-state index is 11.7. The zero-order valence-corrected chi connectivity index (χ0v) is 10.9. The Balaban J connectivity index is 2.36. The van der Waals surface area contributed by atoms with Crippen molar-refractivity contribution in [1.82, 2.24) is 5.32 Å². The molecule has 16 heavy (non-hydrogen) atoms. The van der Waals surface area contributed by atoms with Gasteiger partial charge in [-0.3, -0.25) is 4.79 Å². The zero-order valence-electron chi connectivity index (χ0n) is 9.34. The molecule has 1 N–H and O–H groups in total. The molecule has 1 heterocycles. The predicted octanol–water partition coefficient (Wildman–Crippen LogP) is 2.25. The third-order valence-corrected chi connectivity index (χ3v) is 3.94. The lowest BCUT2D eigenvalue weighted by Crippen LogP contribution is -2.39. The van der Waals surface area contributed by atoms with Crippen LogP contribution in [0.15, 0.2) is 16.6 Å². The number of aryl methyl sites for hydroxylation is 2. The fourth-order valence-electron chi connectivity index (χ4n) is 1.90. The Kier molecular flexibility index (Phi) is 3.30. The lowest BCUT2D eigenvalue weighted by atomic mass is 10.0. The topological polar surface area (TPSA) is 38.3 Å². The van der Waals surface area contributed by atoms with E-state index in [0.717, 1.165) is 21.2 Å². The van der Waals surface area contributed by atoms with Gasteiger partial charge in [-0.15, -0.1) is 0 Å². The van der Waals surface area contributed by atoms with E-state index >= 15 is 0 Å². The number of benzene rings is 1. The summed E-state index contributed by atoms with van der Waals surface area (Å²) in [4.78, 5) is 11.7. The third kappa shape index (κ3) is 2.13. The molecule has 1 aliphatic heterocycles. The van der Waals surface area contributed by atoms with Crippen LogP contribution in [0.4, 0.5) is 0 Å². The van der Waals surface area contributed by atoms with Crippen molar-refractivity contribution in [2.75, 3.05) is 13.2 Å². The van der Waals surface area contributed by atoms with Gasteiger partial charge in [0.15, 0.2) is 6.10 Å². The number of amides is 1. The molecule has 1 saturated heterocycles. The standard InChI is InChI=1S/C12H14BrNO2/c1-7-5-9(6-8(2)10(7)13)11-12(15)14-3-4-16-11/h5-6,11H,3-4H2,1-2H3,(H,14,15). The first kappa shape index (κ1) is 11.6. The quantitative estimate of drug-likeness (QED) is 0.859. The van der Waals surface area contributed by atoms with Crippen molar-refractivity contribution in [2.24, 2.45) is 0 Å². The Bertz CT molecular complexity index is 408. The molecule has 3 nitrogen and oxygen atoms in total. The molecule has 1 aromatic carbocycles. The van der Waals surface area contributed by atoms with Crippen molar-refractivity contribution >= 4 is 21.8 Å². The van der Waals surface area contributed by atoms with Gasteiger partial charge in [-0.1, -0.05) is 28.1 Å². The Labute approximate surface area is 103 Å². The highest BCUT2D eigenvalue weighted by molar-refractivity contribution is 9.10. The number of nitrogens with one attached hydrogen (secondary N) is 1. The molecule has 4 heteroatoms. The lowest BCUT2D eigenvalue weighted by molar-refractivity contribution is -0.138. The highest BCUT2D eigenvalue weighted by Crippen LogP contribution is 2.28. The second-order valence-corrected chi connectivity index (χ2v) is 4.80. The van der Waals surface area contributed by atoms with Crippen molar-refractivity contribution in [3.8, 4) is 0 Å². The summed E-state index contributed by atoms with van der Waals surface area (Å²) in [5.41, 5.74) is 3.17. The fourth-order valence-corrected chi connectivity index (χ4v) is 2.13. The van der Waals surface area contributed by atoms with E-state index < -0.39 is 6.10 Å². The van der Waals surface area contributed by atoms with E-state index in [1.54, 1.807) is 0 Å². The van der Waals surface area contributed by atoms with Crippen LogP contribution in [0.3, 0.4) is 0 Å². The summed E-state index contributed by atoms with van der Waals surface area (Å²) in [6.45, 7) is 5.21. The van der Waals surface area contributed by atoms with E-state index in [4.69, 9.17) is 4.74 Å². The molecule has 0 bridgehead atoms. The molecule has 1 fully saturated rings. The van der Waals surface area contributed by atoms with Gasteiger partial charge < -0.3 is 10.1 Å². The first-order chi connectivity index (χ1) is 7.59. The average molecular weight is 284 g/mol. The van der Waals surface area contributed by atoms with Crippen LogP contribution in [0.1, 0.15) is 22.8 Å². The fraction of sp³-hybridized carbons (Fsp3) is 0.417. The van der Waals surface area contributed by atoms with Gasteiger partial charge >= 0.3 is 0 Å². The van der Waals surface area contributed by atoms with Gasteiger partial charge in [-0.2, -0.15) is 0 Å². The maximum Gasteiger partial charge on any atom is 0.253 e. The van der Waals surface area contributed by atoms with Gasteiger partial charge in [-0.05, 0) is 30.5 Å². The van der Waals surface area contributed by atoms with Crippen molar-refractivity contribution in [3.05, 3.63) is 33.3 Å². The molecule has 0 spiro atoms. The van der Waals surface area contributed by atoms with Crippen LogP contribution in [-0.4, -0.2) is 19.1 Å². The number of rotatable bonds is 1. The Morgan fingerprint density at radius 1 is 1.38 bits per heavy atom. The summed E-state index contributed by atoms with van der Waals surface area (Å²) in [6.07, 6.45) is -0.459. The van der Waals surface area contributed by atoms with Crippen LogP contribution in [0, 0.1) is 13.8 Å². The molecule has 2 rings (SSSR count). The Morgan fingerprint density at radius 3 is 2.56 bits per heavy atom. The normalized spacial score (nSPS) is 20.7. The van der Waals surface area contributed by atoms with Crippen molar-refractivity contribution < 1.29 is 9.53 Å². The number of ether oxygens (including phenoxy) is 1. The van der Waals surface area contributed by atoms with Gasteiger partial charge in [0.2, 0.25) is 0 Å². The molecule has 1 unspecified atom stereocenters. The molecule has 86 valence electrons. The van der Waals surface area contributed by atoms with Crippen LogP contribution in [0.2, 0.25) is 0 Å². The molecule has 0 radical (unpaired) electrons. The minimum Gasteiger partial charge on any atom is -0.362 e. The molecular formula is C12H14BrNO2. The third-order valence-electron chi connectivity index (χ3n) is 2.69. The van der Waals surface area contributed by atoms with E-state index in [1.165, 1.54) is 0 Å². The molecule has 1 amide bonds. The number of hydrogen-bond donors (Lipinski definition) is 1. The van der Waals surface area contributed by atoms with Crippen molar-refractivity contribution in [3.63, 3.8) is 0 Å². The second-order valence-electron chi connectivity index (χ2n) is 4.01. The summed E-state index contributed by atoms with van der Waals surface area (Å²) < 4.78 is 6.59. The lowest BCUT2D eigenvalue weighted by Gasteiger charge is -2.23. The van der Waals surface area contributed by atoms with Gasteiger partial charge in [-0.25, -0.2) is 0 Å². The molecule has 0 aliphatic carbocycles. The Hall–Kier alpha value is -0.870. The summed E-state index contributed by atoms with van der Waals surface area (Å²) in [6, 6.07) is 3.99. The highest BCUT2D eigenvalue weighted by Gasteiger charge is 2.25. The minimum atomic E-state index is -0.459. The van der Waals surface area contributed by atoms with Crippen LogP contribution < -0.4 is 5.32 Å². The smallest absolute Gasteiger partial charge is 0.253 e. The molecule has 1 atom stereocenters. The predicted molar refractivity (Wildman–Crippen MR) is 65.3 cm³/mol. The second kappa shape index (κ2) is 4.55. The van der Waals surface area contributed by atoms with E-state index in [9.17, 15) is 4.79 Å². The molecule has 1 aliphatic rings. The number of morpholine rings is 1. The molecular weight excluding hydrogens is 270 g/mol. The summed E-state index contributed by atoms with van der Waals surface area (Å²) in [5.74, 6) is -0.0487. The van der Waals surface area contributed by atoms with E-state index in [0.29, 0.717) is 13.2 Å². The molecule has 0 aromatic heterocycles. The van der Waals surface area contributed by atoms with Crippen LogP contribution in [0.5, 0.6) is 0 Å². The van der Waals surface area contributed by atoms with Crippen molar-refractivity contribution in [1.29, 1.82) is 0 Å². The van der Waals surface area contributed by atoms with E-state index in [-0.39, 0.29) is 5.91 Å². The van der Waals surface area contributed by atoms with E-state index in [2.05, 4.69) is 21.2 Å². The number of carbonyl (C=O) groups is 1. The molecule has 0 saturated carbocycles. The van der Waals surface area contributed by atoms with Gasteiger partial charge in [0.05, 0.1) is 6.61 Å². The van der Waals surface area contributed by atoms with Crippen LogP contribution in [-0.2, 0) is 9.53 Å². The van der Waals surface area contributed by atoms with Gasteiger partial charge in [0.25, 0.3) is 5.91 Å². The Morgan fingerprint density at radius 2 is 2.00 bits per heavy atom. The summed E-state index contributed by atoms with van der Waals surface area (Å²) in [5, 5.41) is 2.81. The summed E-state index contributed by atoms with van der Waals surface area (Å²) in [7, 11) is 0. The average Bonchev–Trinajstić information content (AvgIpc) is 2.26. The van der Waals surface area contributed by atoms with E-state index in [1.807, 2.05) is 26.0 Å². The first-order valence-corrected chi connectivity index (χ1v) is 6.05. The largest absolute Gasteiger partial charge is 0.362 e. The maximum atomic E-state index is 11.7. The van der Waals surface area contributed by atoms with Gasteiger partial charge in [0, 0.05) is 11.0 Å². The monoisotopic (exact) mass is 283 g/mol. The zero-order chi connectivity index (χ0) is 11.7. The van der Waals surface area contributed by atoms with Crippen LogP contribution in [0.25, 0.3) is 0 Å². The number of carbonyl (C=O) groups excluding carboxylic acids is 1. The first-order valence-electron chi connectivity index (χ1n) is 5.25. The number of hydrogen-bond acceptors (Lipinski definition) is 2. The van der Waals surface area contributed by atoms with Gasteiger partial charge in [0.1, 0.15) is 0 Å². The SMILES string of the molecule is Cc1cc(C2OCCNC2=O)cc(C)c1Br. The van der Waals surface area contributed by atoms with Crippen LogP contribution >= 0.6 is 15.9 Å². The van der Waals surface area contributed by atoms with Crippen molar-refractivity contribution in [2.45, 2.75) is 20.0 Å².